The van der Waals surface area contributed by atoms with Gasteiger partial charge in [-0.1, -0.05) is 231 Å². The molecule has 0 atom stereocenters. The number of hydrogen-bond donors (Lipinski definition) is 0. The minimum atomic E-state index is -0.671. The lowest BCUT2D eigenvalue weighted by Gasteiger charge is -2.49. The summed E-state index contributed by atoms with van der Waals surface area (Å²) in [4.78, 5) is 2.60. The van der Waals surface area contributed by atoms with Crippen LogP contribution in [0.4, 0.5) is 17.1 Å². The maximum atomic E-state index is 2.60. The van der Waals surface area contributed by atoms with E-state index >= 15 is 0 Å². The van der Waals surface area contributed by atoms with Crippen LogP contribution < -0.4 is 4.90 Å². The zero-order valence-electron chi connectivity index (χ0n) is 35.6. The zero-order valence-corrected chi connectivity index (χ0v) is 35.6. The lowest BCUT2D eigenvalue weighted by atomic mass is 9.52. The Labute approximate surface area is 379 Å². The van der Waals surface area contributed by atoms with Gasteiger partial charge in [0.2, 0.25) is 0 Å². The van der Waals surface area contributed by atoms with Crippen molar-refractivity contribution in [1.29, 1.82) is 0 Å². The summed E-state index contributed by atoms with van der Waals surface area (Å²) >= 11 is 0. The van der Waals surface area contributed by atoms with E-state index in [-0.39, 0.29) is 0 Å². The summed E-state index contributed by atoms with van der Waals surface area (Å²) in [6, 6.07) is 93.6. The fourth-order valence-electron chi connectivity index (χ4n) is 12.6. The third kappa shape index (κ3) is 4.67. The molecule has 11 aromatic rings. The molecule has 3 aliphatic carbocycles. The van der Waals surface area contributed by atoms with Crippen molar-refractivity contribution in [2.24, 2.45) is 0 Å². The van der Waals surface area contributed by atoms with E-state index in [1.165, 1.54) is 105 Å². The maximum absolute atomic E-state index is 2.60. The molecule has 1 nitrogen and oxygen atoms in total. The SMILES string of the molecule is c1ccc(-c2ccc(N(c3cccc4c3C3(c5ccccc5-4)c4ccccc4C4(c5ccccc5-c5ccccc54)c4ccccc43)c3cccc4ccccc34)c3ccccc23)cc1. The predicted molar refractivity (Wildman–Crippen MR) is 270 cm³/mol. The van der Waals surface area contributed by atoms with E-state index in [9.17, 15) is 0 Å². The van der Waals surface area contributed by atoms with Gasteiger partial charge in [0, 0.05) is 16.3 Å². The highest BCUT2D eigenvalue weighted by atomic mass is 15.2. The molecule has 3 aliphatic rings. The van der Waals surface area contributed by atoms with Crippen molar-refractivity contribution >= 4 is 38.6 Å². The molecule has 0 aliphatic heterocycles. The Kier molecular flexibility index (Phi) is 7.59. The molecular weight excluding hydrogens is 783 g/mol. The summed E-state index contributed by atoms with van der Waals surface area (Å²) in [5.41, 5.74) is 20.5. The summed E-state index contributed by atoms with van der Waals surface area (Å²) in [5, 5.41) is 4.84. The Balaban J connectivity index is 1.14. The molecule has 11 aromatic carbocycles. The van der Waals surface area contributed by atoms with Gasteiger partial charge in [-0.05, 0) is 101 Å². The molecular formula is C64H41N. The van der Waals surface area contributed by atoms with Crippen LogP contribution in [0.2, 0.25) is 0 Å². The molecule has 0 unspecified atom stereocenters. The van der Waals surface area contributed by atoms with E-state index in [1.54, 1.807) is 0 Å². The molecule has 0 aromatic heterocycles. The van der Waals surface area contributed by atoms with Crippen molar-refractivity contribution in [3.05, 3.63) is 293 Å². The monoisotopic (exact) mass is 823 g/mol. The second-order valence-electron chi connectivity index (χ2n) is 17.8. The maximum Gasteiger partial charge on any atom is 0.0740 e. The van der Waals surface area contributed by atoms with Gasteiger partial charge in [0.15, 0.2) is 0 Å². The van der Waals surface area contributed by atoms with E-state index in [4.69, 9.17) is 0 Å². The van der Waals surface area contributed by atoms with E-state index in [0.717, 1.165) is 11.4 Å². The zero-order chi connectivity index (χ0) is 42.7. The van der Waals surface area contributed by atoms with Gasteiger partial charge < -0.3 is 4.90 Å². The number of nitrogens with zero attached hydrogens (tertiary/aromatic N) is 1. The van der Waals surface area contributed by atoms with Crippen LogP contribution >= 0.6 is 0 Å². The first-order valence-corrected chi connectivity index (χ1v) is 22.8. The summed E-state index contributed by atoms with van der Waals surface area (Å²) in [5.74, 6) is 0. The van der Waals surface area contributed by atoms with Crippen molar-refractivity contribution in [3.8, 4) is 33.4 Å². The van der Waals surface area contributed by atoms with Crippen LogP contribution in [0.5, 0.6) is 0 Å². The minimum absolute atomic E-state index is 0.517. The molecule has 0 fully saturated rings. The van der Waals surface area contributed by atoms with E-state index in [0.29, 0.717) is 0 Å². The van der Waals surface area contributed by atoms with E-state index in [2.05, 4.69) is 254 Å². The van der Waals surface area contributed by atoms with Gasteiger partial charge in [0.05, 0.1) is 27.9 Å². The summed E-state index contributed by atoms with van der Waals surface area (Å²) in [6.45, 7) is 0. The Morgan fingerprint density at radius 3 is 1.29 bits per heavy atom. The largest absolute Gasteiger partial charge is 0.309 e. The number of hydrogen-bond acceptors (Lipinski definition) is 1. The molecule has 302 valence electrons. The van der Waals surface area contributed by atoms with Crippen LogP contribution in [0.15, 0.2) is 249 Å². The van der Waals surface area contributed by atoms with E-state index < -0.39 is 10.8 Å². The van der Waals surface area contributed by atoms with Crippen molar-refractivity contribution in [3.63, 3.8) is 0 Å². The molecule has 0 saturated heterocycles. The Morgan fingerprint density at radius 2 is 0.646 bits per heavy atom. The first kappa shape index (κ1) is 36.2. The summed E-state index contributed by atoms with van der Waals surface area (Å²) < 4.78 is 0. The lowest BCUT2D eigenvalue weighted by molar-refractivity contribution is 0.633. The van der Waals surface area contributed by atoms with Gasteiger partial charge in [0.25, 0.3) is 0 Å². The fourth-order valence-corrected chi connectivity index (χ4v) is 12.6. The quantitative estimate of drug-likeness (QED) is 0.171. The Hall–Kier alpha value is -8.26. The third-order valence-corrected chi connectivity index (χ3v) is 14.9. The minimum Gasteiger partial charge on any atom is -0.309 e. The van der Waals surface area contributed by atoms with Crippen molar-refractivity contribution in [2.45, 2.75) is 10.8 Å². The molecule has 0 saturated carbocycles. The van der Waals surface area contributed by atoms with Gasteiger partial charge in [-0.2, -0.15) is 0 Å². The van der Waals surface area contributed by atoms with Crippen molar-refractivity contribution < 1.29 is 0 Å². The van der Waals surface area contributed by atoms with Crippen LogP contribution in [-0.2, 0) is 10.8 Å². The van der Waals surface area contributed by atoms with Gasteiger partial charge in [-0.3, -0.25) is 0 Å². The van der Waals surface area contributed by atoms with Gasteiger partial charge in [-0.25, -0.2) is 0 Å². The molecule has 0 radical (unpaired) electrons. The number of benzene rings is 11. The van der Waals surface area contributed by atoms with Crippen LogP contribution in [-0.4, -0.2) is 0 Å². The Morgan fingerprint density at radius 1 is 0.231 bits per heavy atom. The lowest BCUT2D eigenvalue weighted by Crippen LogP contribution is -2.44. The Bertz CT molecular complexity index is 3640. The normalized spacial score (nSPS) is 14.1. The molecule has 0 amide bonds. The van der Waals surface area contributed by atoms with Gasteiger partial charge >= 0.3 is 0 Å². The fraction of sp³-hybridized carbons (Fsp3) is 0.0312. The average molecular weight is 824 g/mol. The molecule has 0 heterocycles. The van der Waals surface area contributed by atoms with Gasteiger partial charge in [0.1, 0.15) is 0 Å². The highest BCUT2D eigenvalue weighted by Crippen LogP contribution is 2.69. The van der Waals surface area contributed by atoms with Crippen molar-refractivity contribution in [1.82, 2.24) is 0 Å². The first-order valence-electron chi connectivity index (χ1n) is 22.8. The molecule has 0 bridgehead atoms. The number of rotatable bonds is 4. The highest BCUT2D eigenvalue weighted by Gasteiger charge is 2.59. The topological polar surface area (TPSA) is 3.24 Å². The standard InChI is InChI=1S/C64H41N/c1-2-20-42(21-3-1)44-40-41-60(50-29-7-6-25-46(44)50)65(59-38-18-23-43-22-4-5-24-45(43)59)61-39-19-30-51-49-28-10-13-33-54(49)64(62(51)61)57-36-16-14-34-55(57)63(56-35-15-17-37-58(56)64)52-31-11-8-26-47(52)48-27-9-12-32-53(48)63/h1-41H. The van der Waals surface area contributed by atoms with Gasteiger partial charge in [-0.15, -0.1) is 0 Å². The van der Waals surface area contributed by atoms with Crippen molar-refractivity contribution in [2.75, 3.05) is 4.90 Å². The van der Waals surface area contributed by atoms with Crippen LogP contribution in [0.1, 0.15) is 44.5 Å². The smallest absolute Gasteiger partial charge is 0.0740 e. The molecule has 65 heavy (non-hydrogen) atoms. The highest BCUT2D eigenvalue weighted by molar-refractivity contribution is 6.10. The van der Waals surface area contributed by atoms with Crippen LogP contribution in [0.25, 0.3) is 54.9 Å². The second-order valence-corrected chi connectivity index (χ2v) is 17.8. The number of anilines is 3. The molecule has 14 rings (SSSR count). The first-order chi connectivity index (χ1) is 32.3. The predicted octanol–water partition coefficient (Wildman–Crippen LogP) is 16.2. The second kappa shape index (κ2) is 13.6. The van der Waals surface area contributed by atoms with Crippen LogP contribution in [0, 0.1) is 0 Å². The number of fused-ring (bicyclic) bond motifs is 18. The molecule has 2 spiro atoms. The average Bonchev–Trinajstić information content (AvgIpc) is 3.85. The van der Waals surface area contributed by atoms with E-state index in [1.807, 2.05) is 0 Å². The summed E-state index contributed by atoms with van der Waals surface area (Å²) in [6.07, 6.45) is 0. The third-order valence-electron chi connectivity index (χ3n) is 14.9. The van der Waals surface area contributed by atoms with Crippen LogP contribution in [0.3, 0.4) is 0 Å². The summed E-state index contributed by atoms with van der Waals surface area (Å²) in [7, 11) is 0. The molecule has 1 heteroatoms. The molecule has 0 N–H and O–H groups in total.